The van der Waals surface area contributed by atoms with Gasteiger partial charge in [-0.15, -0.1) is 0 Å². The van der Waals surface area contributed by atoms with Gasteiger partial charge in [0, 0.05) is 6.54 Å². The second-order valence-corrected chi connectivity index (χ2v) is 5.91. The number of hydrogen-bond donors (Lipinski definition) is 2. The van der Waals surface area contributed by atoms with Gasteiger partial charge in [0.05, 0.1) is 13.2 Å². The Morgan fingerprint density at radius 1 is 1.41 bits per heavy atom. The fraction of sp³-hybridized carbons (Fsp3) is 0.588. The zero-order valence-electron chi connectivity index (χ0n) is 13.3. The van der Waals surface area contributed by atoms with Gasteiger partial charge < -0.3 is 20.5 Å². The van der Waals surface area contributed by atoms with E-state index in [1.807, 2.05) is 24.3 Å². The van der Waals surface area contributed by atoms with Crippen LogP contribution in [0, 0.1) is 0 Å². The first-order valence-electron chi connectivity index (χ1n) is 8.02. The molecular formula is C17H26N2O3. The maximum Gasteiger partial charge on any atom is 0.409 e. The van der Waals surface area contributed by atoms with Gasteiger partial charge in [0.15, 0.2) is 0 Å². The second kappa shape index (κ2) is 7.61. The smallest absolute Gasteiger partial charge is 0.409 e. The number of carbonyl (C=O) groups is 1. The highest BCUT2D eigenvalue weighted by Crippen LogP contribution is 2.32. The molecule has 1 saturated heterocycles. The monoisotopic (exact) mass is 306 g/mol. The van der Waals surface area contributed by atoms with Gasteiger partial charge in [-0.05, 0) is 36.9 Å². The summed E-state index contributed by atoms with van der Waals surface area (Å²) in [5.41, 5.74) is 6.56. The largest absolute Gasteiger partial charge is 0.449 e. The SMILES string of the molecule is CCCCOC(=O)N1CCC(O)(c2ccc(CCN)cc2)C1. The Balaban J connectivity index is 1.96. The average Bonchev–Trinajstić information content (AvgIpc) is 2.92. The Hall–Kier alpha value is -1.59. The summed E-state index contributed by atoms with van der Waals surface area (Å²) in [6.07, 6.45) is 2.89. The molecule has 1 heterocycles. The summed E-state index contributed by atoms with van der Waals surface area (Å²) < 4.78 is 5.21. The summed E-state index contributed by atoms with van der Waals surface area (Å²) in [7, 11) is 0. The first-order valence-corrected chi connectivity index (χ1v) is 8.02. The zero-order valence-corrected chi connectivity index (χ0v) is 13.3. The summed E-state index contributed by atoms with van der Waals surface area (Å²) in [4.78, 5) is 13.5. The molecule has 1 aliphatic heterocycles. The predicted octanol–water partition coefficient (Wildman–Crippen LogP) is 2.02. The maximum atomic E-state index is 12.0. The minimum atomic E-state index is -0.981. The van der Waals surface area contributed by atoms with Gasteiger partial charge in [0.1, 0.15) is 5.60 Å². The van der Waals surface area contributed by atoms with Crippen LogP contribution >= 0.6 is 0 Å². The maximum absolute atomic E-state index is 12.0. The number of benzene rings is 1. The summed E-state index contributed by atoms with van der Waals surface area (Å²) >= 11 is 0. The van der Waals surface area contributed by atoms with Gasteiger partial charge in [0.25, 0.3) is 0 Å². The van der Waals surface area contributed by atoms with Gasteiger partial charge in [-0.3, -0.25) is 0 Å². The van der Waals surface area contributed by atoms with Crippen LogP contribution in [0.3, 0.4) is 0 Å². The normalized spacial score (nSPS) is 21.1. The Morgan fingerprint density at radius 3 is 2.77 bits per heavy atom. The second-order valence-electron chi connectivity index (χ2n) is 5.91. The molecule has 1 unspecified atom stereocenters. The molecule has 0 aliphatic carbocycles. The number of hydrogen-bond acceptors (Lipinski definition) is 4. The molecule has 0 bridgehead atoms. The number of nitrogens with zero attached hydrogens (tertiary/aromatic N) is 1. The third kappa shape index (κ3) is 3.99. The van der Waals surface area contributed by atoms with Crippen LogP contribution in [0.25, 0.3) is 0 Å². The van der Waals surface area contributed by atoms with Crippen molar-refractivity contribution in [2.45, 2.75) is 38.2 Å². The number of likely N-dealkylation sites (tertiary alicyclic amines) is 1. The van der Waals surface area contributed by atoms with Crippen molar-refractivity contribution in [3.05, 3.63) is 35.4 Å². The number of carbonyl (C=O) groups excluding carboxylic acids is 1. The van der Waals surface area contributed by atoms with Gasteiger partial charge in [0.2, 0.25) is 0 Å². The van der Waals surface area contributed by atoms with Gasteiger partial charge >= 0.3 is 6.09 Å². The van der Waals surface area contributed by atoms with Gasteiger partial charge in [-0.1, -0.05) is 37.6 Å². The van der Waals surface area contributed by atoms with Crippen molar-refractivity contribution in [3.63, 3.8) is 0 Å². The van der Waals surface area contributed by atoms with E-state index < -0.39 is 5.60 Å². The molecule has 5 heteroatoms. The van der Waals surface area contributed by atoms with Crippen molar-refractivity contribution in [1.29, 1.82) is 0 Å². The van der Waals surface area contributed by atoms with Crippen LogP contribution in [0.15, 0.2) is 24.3 Å². The van der Waals surface area contributed by atoms with E-state index in [1.165, 1.54) is 0 Å². The highest BCUT2D eigenvalue weighted by Gasteiger charge is 2.40. The van der Waals surface area contributed by atoms with Crippen molar-refractivity contribution in [2.24, 2.45) is 5.73 Å². The molecule has 5 nitrogen and oxygen atoms in total. The van der Waals surface area contributed by atoms with E-state index in [0.29, 0.717) is 26.1 Å². The molecule has 22 heavy (non-hydrogen) atoms. The zero-order chi connectivity index (χ0) is 16.0. The number of rotatable bonds is 6. The minimum absolute atomic E-state index is 0.286. The molecule has 1 aliphatic rings. The summed E-state index contributed by atoms with van der Waals surface area (Å²) in [5.74, 6) is 0. The summed E-state index contributed by atoms with van der Waals surface area (Å²) in [6, 6.07) is 7.83. The van der Waals surface area contributed by atoms with Crippen molar-refractivity contribution >= 4 is 6.09 Å². The van der Waals surface area contributed by atoms with E-state index in [-0.39, 0.29) is 12.6 Å². The van der Waals surface area contributed by atoms with Crippen LogP contribution < -0.4 is 5.73 Å². The molecule has 0 aromatic heterocycles. The molecule has 122 valence electrons. The highest BCUT2D eigenvalue weighted by molar-refractivity contribution is 5.68. The molecule has 3 N–H and O–H groups in total. The third-order valence-electron chi connectivity index (χ3n) is 4.15. The lowest BCUT2D eigenvalue weighted by Crippen LogP contribution is -2.34. The molecule has 1 fully saturated rings. The number of amides is 1. The van der Waals surface area contributed by atoms with Gasteiger partial charge in [-0.25, -0.2) is 4.79 Å². The van der Waals surface area contributed by atoms with Crippen LogP contribution in [-0.4, -0.2) is 42.3 Å². The molecule has 0 spiro atoms. The third-order valence-corrected chi connectivity index (χ3v) is 4.15. The number of nitrogens with two attached hydrogens (primary N) is 1. The van der Waals surface area contributed by atoms with Crippen LogP contribution in [0.2, 0.25) is 0 Å². The number of ether oxygens (including phenoxy) is 1. The van der Waals surface area contributed by atoms with Crippen molar-refractivity contribution < 1.29 is 14.6 Å². The van der Waals surface area contributed by atoms with E-state index >= 15 is 0 Å². The lowest BCUT2D eigenvalue weighted by Gasteiger charge is -2.24. The fourth-order valence-electron chi connectivity index (χ4n) is 2.73. The number of β-amino-alcohol motifs (C(OH)–C–C–N with tert-alkyl or cyclic N) is 1. The first kappa shape index (κ1) is 16.8. The van der Waals surface area contributed by atoms with E-state index in [4.69, 9.17) is 10.5 Å². The Labute approximate surface area is 132 Å². The molecule has 0 saturated carbocycles. The standard InChI is InChI=1S/C17H26N2O3/c1-2-3-12-22-16(20)19-11-9-17(21,13-19)15-6-4-14(5-7-15)8-10-18/h4-7,21H,2-3,8-13,18H2,1H3. The van der Waals surface area contributed by atoms with Crippen molar-refractivity contribution in [3.8, 4) is 0 Å². The summed E-state index contributed by atoms with van der Waals surface area (Å²) in [6.45, 7) is 3.91. The van der Waals surface area contributed by atoms with Crippen LogP contribution in [-0.2, 0) is 16.8 Å². The quantitative estimate of drug-likeness (QED) is 0.788. The van der Waals surface area contributed by atoms with Crippen molar-refractivity contribution in [1.82, 2.24) is 4.90 Å². The Morgan fingerprint density at radius 2 is 2.14 bits per heavy atom. The molecule has 0 radical (unpaired) electrons. The summed E-state index contributed by atoms with van der Waals surface area (Å²) in [5, 5.41) is 10.8. The van der Waals surface area contributed by atoms with E-state index in [1.54, 1.807) is 4.90 Å². The van der Waals surface area contributed by atoms with Crippen molar-refractivity contribution in [2.75, 3.05) is 26.2 Å². The molecule has 1 atom stereocenters. The van der Waals surface area contributed by atoms with E-state index in [2.05, 4.69) is 6.92 Å². The van der Waals surface area contributed by atoms with Crippen LogP contribution in [0.4, 0.5) is 4.79 Å². The van der Waals surface area contributed by atoms with E-state index in [9.17, 15) is 9.90 Å². The minimum Gasteiger partial charge on any atom is -0.449 e. The van der Waals surface area contributed by atoms with Gasteiger partial charge in [-0.2, -0.15) is 0 Å². The molecule has 1 aromatic rings. The topological polar surface area (TPSA) is 75.8 Å². The lowest BCUT2D eigenvalue weighted by atomic mass is 9.92. The average molecular weight is 306 g/mol. The molecule has 1 aromatic carbocycles. The van der Waals surface area contributed by atoms with Crippen LogP contribution in [0.5, 0.6) is 0 Å². The Bertz CT molecular complexity index is 489. The fourth-order valence-corrected chi connectivity index (χ4v) is 2.73. The van der Waals surface area contributed by atoms with Crippen LogP contribution in [0.1, 0.15) is 37.3 Å². The number of unbranched alkanes of at least 4 members (excludes halogenated alkanes) is 1. The first-order chi connectivity index (χ1) is 10.6. The molecule has 1 amide bonds. The number of aliphatic hydroxyl groups is 1. The molecular weight excluding hydrogens is 280 g/mol. The van der Waals surface area contributed by atoms with E-state index in [0.717, 1.165) is 30.4 Å². The predicted molar refractivity (Wildman–Crippen MR) is 85.5 cm³/mol. The lowest BCUT2D eigenvalue weighted by molar-refractivity contribution is 0.0415. The Kier molecular flexibility index (Phi) is 5.80. The molecule has 2 rings (SSSR count). The highest BCUT2D eigenvalue weighted by atomic mass is 16.6.